The van der Waals surface area contributed by atoms with Crippen LogP contribution in [0.3, 0.4) is 0 Å². The number of nitrogens with two attached hydrogens (primary N) is 1. The predicted molar refractivity (Wildman–Crippen MR) is 105 cm³/mol. The van der Waals surface area contributed by atoms with Gasteiger partial charge in [0.05, 0.1) is 5.56 Å². The first-order valence-corrected chi connectivity index (χ1v) is 9.65. The third-order valence-corrected chi connectivity index (χ3v) is 5.37. The van der Waals surface area contributed by atoms with Crippen LogP contribution in [0.5, 0.6) is 0 Å². The molecule has 0 bridgehead atoms. The van der Waals surface area contributed by atoms with Crippen molar-refractivity contribution >= 4 is 33.2 Å². The molecule has 0 aliphatic carbocycles. The van der Waals surface area contributed by atoms with Gasteiger partial charge in [-0.1, -0.05) is 18.2 Å². The lowest BCUT2D eigenvalue weighted by atomic mass is 9.98. The molecule has 2 N–H and O–H groups in total. The van der Waals surface area contributed by atoms with Crippen LogP contribution in [0.4, 0.5) is 5.82 Å². The number of carbonyl (C=O) groups excluding carboxylic acids is 1. The number of nitrogen functional groups attached to an aromatic ring is 1. The molecule has 0 unspecified atom stereocenters. The average molecular weight is 430 g/mol. The van der Waals surface area contributed by atoms with Gasteiger partial charge in [-0.3, -0.25) is 4.40 Å². The first-order valence-electron chi connectivity index (χ1n) is 8.86. The van der Waals surface area contributed by atoms with Crippen LogP contribution < -0.4 is 5.73 Å². The quantitative estimate of drug-likeness (QED) is 0.686. The average Bonchev–Trinajstić information content (AvgIpc) is 3.04. The maximum atomic E-state index is 12.4. The summed E-state index contributed by atoms with van der Waals surface area (Å²) in [5.41, 5.74) is 8.33. The highest BCUT2D eigenvalue weighted by Crippen LogP contribution is 2.32. The van der Waals surface area contributed by atoms with Crippen molar-refractivity contribution in [3.8, 4) is 0 Å². The molecule has 8 heteroatoms. The Morgan fingerprint density at radius 3 is 2.89 bits per heavy atom. The van der Waals surface area contributed by atoms with E-state index in [0.717, 1.165) is 29.9 Å². The lowest BCUT2D eigenvalue weighted by Gasteiger charge is -2.30. The Bertz CT molecular complexity index is 989. The molecule has 1 aliphatic rings. The van der Waals surface area contributed by atoms with Gasteiger partial charge in [-0.2, -0.15) is 0 Å². The summed E-state index contributed by atoms with van der Waals surface area (Å²) in [5, 5.41) is 1.73. The molecule has 1 saturated heterocycles. The third-order valence-electron chi connectivity index (χ3n) is 4.82. The molecule has 0 radical (unpaired) electrons. The summed E-state index contributed by atoms with van der Waals surface area (Å²) in [6.07, 6.45) is 3.63. The molecule has 140 valence electrons. The number of aryl methyl sites for hydroxylation is 1. The summed E-state index contributed by atoms with van der Waals surface area (Å²) in [6, 6.07) is 9.03. The van der Waals surface area contributed by atoms with E-state index in [1.54, 1.807) is 23.4 Å². The second kappa shape index (κ2) is 7.28. The van der Waals surface area contributed by atoms with E-state index in [0.29, 0.717) is 29.1 Å². The molecule has 1 aromatic carbocycles. The number of hydrogen-bond donors (Lipinski definition) is 1. The molecule has 3 heterocycles. The molecule has 1 atom stereocenters. The van der Waals surface area contributed by atoms with Crippen molar-refractivity contribution in [2.75, 3.05) is 18.8 Å². The van der Waals surface area contributed by atoms with Crippen LogP contribution in [-0.4, -0.2) is 38.5 Å². The minimum atomic E-state index is -0.338. The molecule has 2 aromatic heterocycles. The Kier molecular flexibility index (Phi) is 4.84. The first kappa shape index (κ1) is 17.9. The van der Waals surface area contributed by atoms with Gasteiger partial charge in [-0.05, 0) is 47.8 Å². The van der Waals surface area contributed by atoms with Crippen molar-refractivity contribution in [3.05, 3.63) is 58.2 Å². The van der Waals surface area contributed by atoms with E-state index in [2.05, 4.69) is 20.9 Å². The summed E-state index contributed by atoms with van der Waals surface area (Å²) < 4.78 is 2.73. The van der Waals surface area contributed by atoms with E-state index in [4.69, 9.17) is 15.6 Å². The van der Waals surface area contributed by atoms with E-state index in [9.17, 15) is 4.79 Å². The number of hydroxylamine groups is 2. The molecule has 0 saturated carbocycles. The van der Waals surface area contributed by atoms with Crippen LogP contribution in [0.15, 0.2) is 41.1 Å². The number of nitrogens with zero attached hydrogens (tertiary/aromatic N) is 4. The highest BCUT2D eigenvalue weighted by atomic mass is 79.9. The lowest BCUT2D eigenvalue weighted by molar-refractivity contribution is -0.124. The molecular formula is C19H20BrN5O2. The minimum Gasteiger partial charge on any atom is -0.382 e. The van der Waals surface area contributed by atoms with Crippen molar-refractivity contribution in [2.45, 2.75) is 25.7 Å². The topological polar surface area (TPSA) is 85.8 Å². The smallest absolute Gasteiger partial charge is 0.357 e. The number of piperidine rings is 1. The zero-order valence-electron chi connectivity index (χ0n) is 14.9. The van der Waals surface area contributed by atoms with Crippen LogP contribution in [-0.2, 0) is 4.84 Å². The van der Waals surface area contributed by atoms with Gasteiger partial charge in [0.2, 0.25) is 0 Å². The number of fused-ring (bicyclic) bond motifs is 1. The van der Waals surface area contributed by atoms with Gasteiger partial charge in [0.15, 0.2) is 5.82 Å². The highest BCUT2D eigenvalue weighted by molar-refractivity contribution is 9.10. The normalized spacial score (nSPS) is 17.9. The van der Waals surface area contributed by atoms with Gasteiger partial charge >= 0.3 is 5.97 Å². The molecule has 1 aliphatic heterocycles. The number of imidazole rings is 1. The molecule has 0 spiro atoms. The number of hydrogen-bond acceptors (Lipinski definition) is 6. The fourth-order valence-corrected chi connectivity index (χ4v) is 4.09. The van der Waals surface area contributed by atoms with Gasteiger partial charge in [0.25, 0.3) is 0 Å². The highest BCUT2D eigenvalue weighted by Gasteiger charge is 2.29. The van der Waals surface area contributed by atoms with Gasteiger partial charge in [-0.25, -0.2) is 14.8 Å². The van der Waals surface area contributed by atoms with Crippen LogP contribution >= 0.6 is 15.9 Å². The Morgan fingerprint density at radius 1 is 1.33 bits per heavy atom. The van der Waals surface area contributed by atoms with Gasteiger partial charge in [0.1, 0.15) is 15.9 Å². The van der Waals surface area contributed by atoms with E-state index in [1.165, 1.54) is 0 Å². The maximum Gasteiger partial charge on any atom is 0.357 e. The second-order valence-corrected chi connectivity index (χ2v) is 7.45. The summed E-state index contributed by atoms with van der Waals surface area (Å²) in [6.45, 7) is 3.28. The van der Waals surface area contributed by atoms with Crippen molar-refractivity contribution < 1.29 is 9.63 Å². The van der Waals surface area contributed by atoms with Crippen molar-refractivity contribution in [3.63, 3.8) is 0 Å². The maximum absolute atomic E-state index is 12.4. The van der Waals surface area contributed by atoms with E-state index >= 15 is 0 Å². The molecular weight excluding hydrogens is 410 g/mol. The number of rotatable bonds is 3. The Hall–Kier alpha value is -2.45. The number of carbonyl (C=O) groups is 1. The molecule has 1 fully saturated rings. The summed E-state index contributed by atoms with van der Waals surface area (Å²) in [4.78, 5) is 26.9. The van der Waals surface area contributed by atoms with Gasteiger partial charge in [0, 0.05) is 30.9 Å². The minimum absolute atomic E-state index is 0.127. The Labute approximate surface area is 165 Å². The van der Waals surface area contributed by atoms with Crippen molar-refractivity contribution in [1.29, 1.82) is 0 Å². The molecule has 3 aromatic rings. The van der Waals surface area contributed by atoms with E-state index in [1.807, 2.05) is 29.5 Å². The largest absolute Gasteiger partial charge is 0.382 e. The fourth-order valence-electron chi connectivity index (χ4n) is 3.52. The summed E-state index contributed by atoms with van der Waals surface area (Å²) in [7, 11) is 0. The Balaban J connectivity index is 1.58. The molecule has 7 nitrogen and oxygen atoms in total. The monoisotopic (exact) mass is 429 g/mol. The summed E-state index contributed by atoms with van der Waals surface area (Å²) in [5.74, 6) is 1.13. The van der Waals surface area contributed by atoms with Gasteiger partial charge < -0.3 is 10.6 Å². The summed E-state index contributed by atoms with van der Waals surface area (Å²) >= 11 is 3.50. The van der Waals surface area contributed by atoms with Crippen molar-refractivity contribution in [1.82, 2.24) is 19.4 Å². The molecule has 0 amide bonds. The number of benzene rings is 1. The number of aromatic nitrogens is 3. The number of anilines is 1. The standard InChI is InChI=1S/C19H20BrN5O2/c1-12-10-22-17(21)15-16(20)23-18(25(12)15)14-8-5-9-24(11-14)27-19(26)13-6-3-2-4-7-13/h2-4,6-7,10,14H,5,8-9,11H2,1H3,(H2,21,22)/t14-/m1/s1. The SMILES string of the molecule is Cc1cnc(N)c2c(Br)nc([C@@H]3CCCN(OC(=O)c4ccccc4)C3)n12. The third kappa shape index (κ3) is 3.42. The van der Waals surface area contributed by atoms with Crippen LogP contribution in [0.2, 0.25) is 0 Å². The van der Waals surface area contributed by atoms with Gasteiger partial charge in [-0.15, -0.1) is 5.06 Å². The zero-order chi connectivity index (χ0) is 19.0. The Morgan fingerprint density at radius 2 is 2.11 bits per heavy atom. The zero-order valence-corrected chi connectivity index (χ0v) is 16.5. The lowest BCUT2D eigenvalue weighted by Crippen LogP contribution is -2.37. The molecule has 4 rings (SSSR count). The van der Waals surface area contributed by atoms with Crippen LogP contribution in [0, 0.1) is 6.92 Å². The first-order chi connectivity index (χ1) is 13.0. The number of halogens is 1. The van der Waals surface area contributed by atoms with Crippen LogP contribution in [0.25, 0.3) is 5.52 Å². The van der Waals surface area contributed by atoms with Crippen molar-refractivity contribution in [2.24, 2.45) is 0 Å². The van der Waals surface area contributed by atoms with E-state index < -0.39 is 0 Å². The molecule has 27 heavy (non-hydrogen) atoms. The van der Waals surface area contributed by atoms with Crippen LogP contribution in [0.1, 0.15) is 40.6 Å². The van der Waals surface area contributed by atoms with E-state index in [-0.39, 0.29) is 11.9 Å². The predicted octanol–water partition coefficient (Wildman–Crippen LogP) is 3.33. The fraction of sp³-hybridized carbons (Fsp3) is 0.316. The second-order valence-electron chi connectivity index (χ2n) is 6.70.